The number of carbonyl (C=O) groups excluding carboxylic acids is 1. The van der Waals surface area contributed by atoms with Crippen molar-refractivity contribution in [1.29, 1.82) is 0 Å². The third-order valence-corrected chi connectivity index (χ3v) is 6.56. The van der Waals surface area contributed by atoms with Gasteiger partial charge in [-0.1, -0.05) is 27.7 Å². The maximum absolute atomic E-state index is 13.7. The van der Waals surface area contributed by atoms with Crippen molar-refractivity contribution in [3.8, 4) is 34.3 Å². The Kier molecular flexibility index (Phi) is 8.11. The minimum Gasteiger partial charge on any atom is -0.493 e. The summed E-state index contributed by atoms with van der Waals surface area (Å²) in [6.07, 6.45) is 0. The number of thioether (sulfide) groups is 1. The number of nitrogens with zero attached hydrogens (tertiary/aromatic N) is 3. The monoisotopic (exact) mass is 572 g/mol. The third kappa shape index (κ3) is 5.63. The normalized spacial score (nSPS) is 10.7. The van der Waals surface area contributed by atoms with Crippen molar-refractivity contribution in [3.63, 3.8) is 0 Å². The van der Waals surface area contributed by atoms with Gasteiger partial charge >= 0.3 is 0 Å². The second-order valence-corrected chi connectivity index (χ2v) is 9.23. The highest BCUT2D eigenvalue weighted by Crippen LogP contribution is 2.41. The van der Waals surface area contributed by atoms with Crippen LogP contribution in [0.15, 0.2) is 70.3 Å². The number of aromatic nitrogens is 3. The number of hydrogen-bond donors (Lipinski definition) is 1. The first kappa shape index (κ1) is 25.5. The molecule has 0 aliphatic heterocycles. The Morgan fingerprint density at radius 3 is 2.19 bits per heavy atom. The van der Waals surface area contributed by atoms with Gasteiger partial charge in [0.25, 0.3) is 0 Å². The molecule has 0 saturated heterocycles. The number of nitrogens with one attached hydrogen (secondary N) is 1. The molecule has 0 radical (unpaired) electrons. The summed E-state index contributed by atoms with van der Waals surface area (Å²) in [6, 6.07) is 16.7. The molecule has 11 heteroatoms. The lowest BCUT2D eigenvalue weighted by atomic mass is 10.1. The van der Waals surface area contributed by atoms with Crippen molar-refractivity contribution < 1.29 is 23.4 Å². The number of rotatable bonds is 9. The SMILES string of the molecule is COc1cc(-c2nnc(SCC(=O)Nc3ccc(Br)cc3)n2-c2ccc(F)cc2)cc(OC)c1OC. The predicted octanol–water partition coefficient (Wildman–Crippen LogP) is 5.59. The largest absolute Gasteiger partial charge is 0.493 e. The van der Waals surface area contributed by atoms with Crippen LogP contribution < -0.4 is 19.5 Å². The Morgan fingerprint density at radius 1 is 0.972 bits per heavy atom. The molecule has 0 aliphatic rings. The topological polar surface area (TPSA) is 87.5 Å². The lowest BCUT2D eigenvalue weighted by Crippen LogP contribution is -2.14. The Hall–Kier alpha value is -3.57. The minimum absolute atomic E-state index is 0.0879. The van der Waals surface area contributed by atoms with Crippen LogP contribution in [0.3, 0.4) is 0 Å². The summed E-state index contributed by atoms with van der Waals surface area (Å²) in [7, 11) is 4.57. The van der Waals surface area contributed by atoms with Gasteiger partial charge in [-0.15, -0.1) is 10.2 Å². The third-order valence-electron chi connectivity index (χ3n) is 5.10. The molecular formula is C25H22BrFN4O4S. The zero-order valence-corrected chi connectivity index (χ0v) is 22.0. The van der Waals surface area contributed by atoms with E-state index in [0.717, 1.165) is 4.47 Å². The van der Waals surface area contributed by atoms with Crippen molar-refractivity contribution >= 4 is 39.3 Å². The van der Waals surface area contributed by atoms with E-state index in [-0.39, 0.29) is 17.5 Å². The van der Waals surface area contributed by atoms with E-state index in [1.807, 2.05) is 12.1 Å². The molecular weight excluding hydrogens is 551 g/mol. The lowest BCUT2D eigenvalue weighted by molar-refractivity contribution is -0.113. The first-order valence-corrected chi connectivity index (χ1v) is 12.4. The molecule has 36 heavy (non-hydrogen) atoms. The molecule has 1 N–H and O–H groups in total. The summed E-state index contributed by atoms with van der Waals surface area (Å²) in [5.41, 5.74) is 1.94. The molecule has 1 amide bonds. The lowest BCUT2D eigenvalue weighted by Gasteiger charge is -2.15. The van der Waals surface area contributed by atoms with Gasteiger partial charge < -0.3 is 19.5 Å². The summed E-state index contributed by atoms with van der Waals surface area (Å²) in [4.78, 5) is 12.6. The second kappa shape index (κ2) is 11.4. The first-order valence-electron chi connectivity index (χ1n) is 10.6. The average Bonchev–Trinajstić information content (AvgIpc) is 3.32. The predicted molar refractivity (Wildman–Crippen MR) is 140 cm³/mol. The van der Waals surface area contributed by atoms with E-state index in [1.165, 1.54) is 45.2 Å². The molecule has 0 saturated carbocycles. The fourth-order valence-corrected chi connectivity index (χ4v) is 4.46. The van der Waals surface area contributed by atoms with Crippen LogP contribution in [-0.2, 0) is 4.79 Å². The Balaban J connectivity index is 1.69. The van der Waals surface area contributed by atoms with Gasteiger partial charge in [-0.05, 0) is 60.7 Å². The fourth-order valence-electron chi connectivity index (χ4n) is 3.44. The molecule has 0 atom stereocenters. The summed E-state index contributed by atoms with van der Waals surface area (Å²) >= 11 is 4.58. The summed E-state index contributed by atoms with van der Waals surface area (Å²) in [5.74, 6) is 1.30. The van der Waals surface area contributed by atoms with Crippen LogP contribution in [-0.4, -0.2) is 47.8 Å². The van der Waals surface area contributed by atoms with Crippen LogP contribution in [0.4, 0.5) is 10.1 Å². The molecule has 4 aromatic rings. The van der Waals surface area contributed by atoms with E-state index in [9.17, 15) is 9.18 Å². The summed E-state index contributed by atoms with van der Waals surface area (Å²) in [6.45, 7) is 0. The van der Waals surface area contributed by atoms with Crippen molar-refractivity contribution in [2.45, 2.75) is 5.16 Å². The molecule has 186 valence electrons. The van der Waals surface area contributed by atoms with E-state index in [0.29, 0.717) is 45.2 Å². The van der Waals surface area contributed by atoms with Gasteiger partial charge in [0.2, 0.25) is 11.7 Å². The number of benzene rings is 3. The number of methoxy groups -OCH3 is 3. The van der Waals surface area contributed by atoms with Gasteiger partial charge in [-0.2, -0.15) is 0 Å². The van der Waals surface area contributed by atoms with Gasteiger partial charge in [0.1, 0.15) is 5.82 Å². The molecule has 1 heterocycles. The highest BCUT2D eigenvalue weighted by Gasteiger charge is 2.21. The van der Waals surface area contributed by atoms with Crippen LogP contribution in [0.25, 0.3) is 17.1 Å². The number of ether oxygens (including phenoxy) is 3. The Morgan fingerprint density at radius 2 is 1.61 bits per heavy atom. The number of anilines is 1. The molecule has 4 rings (SSSR count). The van der Waals surface area contributed by atoms with Gasteiger partial charge in [-0.25, -0.2) is 4.39 Å². The smallest absolute Gasteiger partial charge is 0.234 e. The average molecular weight is 573 g/mol. The summed E-state index contributed by atoms with van der Waals surface area (Å²) < 4.78 is 32.7. The van der Waals surface area contributed by atoms with E-state index in [4.69, 9.17) is 14.2 Å². The molecule has 0 spiro atoms. The minimum atomic E-state index is -0.371. The molecule has 8 nitrogen and oxygen atoms in total. The van der Waals surface area contributed by atoms with E-state index < -0.39 is 0 Å². The molecule has 0 bridgehead atoms. The van der Waals surface area contributed by atoms with Crippen LogP contribution >= 0.6 is 27.7 Å². The quantitative estimate of drug-likeness (QED) is 0.261. The van der Waals surface area contributed by atoms with E-state index in [1.54, 1.807) is 41.0 Å². The number of amides is 1. The van der Waals surface area contributed by atoms with Gasteiger partial charge in [0, 0.05) is 21.4 Å². The van der Waals surface area contributed by atoms with E-state index in [2.05, 4.69) is 31.4 Å². The highest BCUT2D eigenvalue weighted by atomic mass is 79.9. The van der Waals surface area contributed by atoms with Crippen molar-refractivity contribution in [2.75, 3.05) is 32.4 Å². The standard InChI is InChI=1S/C25H22BrFN4O4S/c1-33-20-12-15(13-21(34-2)23(20)35-3)24-29-30-25(31(24)19-10-6-17(27)7-11-19)36-14-22(32)28-18-8-4-16(26)5-9-18/h4-13H,14H2,1-3H3,(H,28,32). The first-order chi connectivity index (χ1) is 17.4. The van der Waals surface area contributed by atoms with Crippen LogP contribution in [0.5, 0.6) is 17.2 Å². The van der Waals surface area contributed by atoms with Crippen molar-refractivity contribution in [3.05, 3.63) is 71.0 Å². The van der Waals surface area contributed by atoms with Crippen LogP contribution in [0, 0.1) is 5.82 Å². The Bertz CT molecular complexity index is 1340. The maximum Gasteiger partial charge on any atom is 0.234 e. The number of carbonyl (C=O) groups is 1. The fraction of sp³-hybridized carbons (Fsp3) is 0.160. The second-order valence-electron chi connectivity index (χ2n) is 7.38. The molecule has 0 unspecified atom stereocenters. The molecule has 0 aliphatic carbocycles. The van der Waals surface area contributed by atoms with Crippen molar-refractivity contribution in [1.82, 2.24) is 14.8 Å². The zero-order chi connectivity index (χ0) is 25.7. The van der Waals surface area contributed by atoms with E-state index >= 15 is 0 Å². The van der Waals surface area contributed by atoms with Gasteiger partial charge in [0.15, 0.2) is 22.5 Å². The van der Waals surface area contributed by atoms with Crippen molar-refractivity contribution in [2.24, 2.45) is 0 Å². The number of hydrogen-bond acceptors (Lipinski definition) is 7. The maximum atomic E-state index is 13.7. The van der Waals surface area contributed by atoms with Crippen LogP contribution in [0.1, 0.15) is 0 Å². The molecule has 0 fully saturated rings. The molecule has 3 aromatic carbocycles. The van der Waals surface area contributed by atoms with Gasteiger partial charge in [-0.3, -0.25) is 9.36 Å². The zero-order valence-electron chi connectivity index (χ0n) is 19.6. The van der Waals surface area contributed by atoms with Crippen LogP contribution in [0.2, 0.25) is 0 Å². The molecule has 1 aromatic heterocycles. The highest BCUT2D eigenvalue weighted by molar-refractivity contribution is 9.10. The van der Waals surface area contributed by atoms with Gasteiger partial charge in [0.05, 0.1) is 27.1 Å². The Labute approximate surface area is 219 Å². The summed E-state index contributed by atoms with van der Waals surface area (Å²) in [5, 5.41) is 12.0. The number of halogens is 2.